The Labute approximate surface area is 165 Å². The first-order valence-corrected chi connectivity index (χ1v) is 10.3. The first-order valence-electron chi connectivity index (χ1n) is 7.71. The molecule has 7 nitrogen and oxygen atoms in total. The monoisotopic (exact) mass is 422 g/mol. The van der Waals surface area contributed by atoms with Crippen LogP contribution in [0.1, 0.15) is 10.4 Å². The summed E-state index contributed by atoms with van der Waals surface area (Å²) in [6.45, 7) is 0. The molecule has 0 bridgehead atoms. The van der Waals surface area contributed by atoms with Crippen molar-refractivity contribution in [1.29, 1.82) is 0 Å². The minimum absolute atomic E-state index is 0.0440. The summed E-state index contributed by atoms with van der Waals surface area (Å²) >= 11 is 7.22. The highest BCUT2D eigenvalue weighted by atomic mass is 35.5. The Morgan fingerprint density at radius 2 is 1.81 bits per heavy atom. The van der Waals surface area contributed by atoms with Crippen LogP contribution in [0, 0.1) is 0 Å². The molecule has 0 unspecified atom stereocenters. The summed E-state index contributed by atoms with van der Waals surface area (Å²) in [5.74, 6) is -0.502. The van der Waals surface area contributed by atoms with Gasteiger partial charge in [0.2, 0.25) is 15.2 Å². The lowest BCUT2D eigenvalue weighted by Gasteiger charge is -2.13. The fourth-order valence-electron chi connectivity index (χ4n) is 2.18. The number of rotatable bonds is 5. The maximum atomic E-state index is 12.5. The van der Waals surface area contributed by atoms with E-state index in [1.54, 1.807) is 0 Å². The van der Waals surface area contributed by atoms with E-state index in [1.807, 2.05) is 30.3 Å². The number of nitrogens with zero attached hydrogens (tertiary/aromatic N) is 3. The van der Waals surface area contributed by atoms with Gasteiger partial charge in [0, 0.05) is 25.2 Å². The fourth-order valence-corrected chi connectivity index (χ4v) is 4.32. The Balaban J connectivity index is 1.84. The summed E-state index contributed by atoms with van der Waals surface area (Å²) in [5, 5.41) is 11.7. The van der Waals surface area contributed by atoms with E-state index in [2.05, 4.69) is 15.5 Å². The van der Waals surface area contributed by atoms with Crippen LogP contribution in [0.15, 0.2) is 53.4 Å². The van der Waals surface area contributed by atoms with Crippen LogP contribution in [0.5, 0.6) is 0 Å². The number of nitrogens with one attached hydrogen (secondary N) is 1. The van der Waals surface area contributed by atoms with Crippen LogP contribution in [0.2, 0.25) is 5.02 Å². The zero-order valence-corrected chi connectivity index (χ0v) is 16.8. The van der Waals surface area contributed by atoms with Crippen molar-refractivity contribution in [1.82, 2.24) is 14.5 Å². The normalized spacial score (nSPS) is 11.6. The van der Waals surface area contributed by atoms with Crippen molar-refractivity contribution in [2.75, 3.05) is 19.4 Å². The number of benzene rings is 2. The van der Waals surface area contributed by atoms with Gasteiger partial charge in [-0.2, -0.15) is 0 Å². The van der Waals surface area contributed by atoms with E-state index in [0.29, 0.717) is 10.1 Å². The Bertz CT molecular complexity index is 1080. The van der Waals surface area contributed by atoms with E-state index in [9.17, 15) is 13.2 Å². The summed E-state index contributed by atoms with van der Waals surface area (Å²) in [5.41, 5.74) is 1.04. The highest BCUT2D eigenvalue weighted by Gasteiger charge is 2.22. The number of anilines is 1. The summed E-state index contributed by atoms with van der Waals surface area (Å²) < 4.78 is 25.7. The molecule has 27 heavy (non-hydrogen) atoms. The van der Waals surface area contributed by atoms with Gasteiger partial charge in [0.15, 0.2) is 0 Å². The van der Waals surface area contributed by atoms with Crippen LogP contribution in [0.3, 0.4) is 0 Å². The number of carbonyl (C=O) groups is 1. The highest BCUT2D eigenvalue weighted by Crippen LogP contribution is 2.28. The van der Waals surface area contributed by atoms with Crippen LogP contribution in [0.25, 0.3) is 10.6 Å². The number of carbonyl (C=O) groups excluding carboxylic acids is 1. The maximum absolute atomic E-state index is 12.5. The molecule has 0 atom stereocenters. The summed E-state index contributed by atoms with van der Waals surface area (Å²) in [6, 6.07) is 13.5. The fraction of sp³-hybridized carbons (Fsp3) is 0.118. The molecule has 0 aliphatic heterocycles. The molecule has 0 saturated heterocycles. The molecule has 1 heterocycles. The van der Waals surface area contributed by atoms with Crippen molar-refractivity contribution >= 4 is 44.0 Å². The van der Waals surface area contributed by atoms with E-state index in [-0.39, 0.29) is 15.5 Å². The number of hydrogen-bond donors (Lipinski definition) is 1. The molecule has 3 aromatic rings. The van der Waals surface area contributed by atoms with E-state index in [4.69, 9.17) is 11.6 Å². The molecule has 1 N–H and O–H groups in total. The second kappa shape index (κ2) is 7.73. The first kappa shape index (κ1) is 19.4. The topological polar surface area (TPSA) is 92.3 Å². The quantitative estimate of drug-likeness (QED) is 0.680. The number of hydrogen-bond acceptors (Lipinski definition) is 6. The zero-order valence-electron chi connectivity index (χ0n) is 14.4. The van der Waals surface area contributed by atoms with Gasteiger partial charge >= 0.3 is 0 Å². The molecule has 10 heteroatoms. The predicted octanol–water partition coefficient (Wildman–Crippen LogP) is 3.36. The second-order valence-electron chi connectivity index (χ2n) is 5.67. The summed E-state index contributed by atoms with van der Waals surface area (Å²) in [4.78, 5) is 12.4. The Hall–Kier alpha value is -2.33. The van der Waals surface area contributed by atoms with Gasteiger partial charge in [0.1, 0.15) is 9.90 Å². The molecule has 0 fully saturated rings. The molecule has 0 spiro atoms. The van der Waals surface area contributed by atoms with Gasteiger partial charge in [0.25, 0.3) is 5.91 Å². The van der Waals surface area contributed by atoms with E-state index >= 15 is 0 Å². The summed E-state index contributed by atoms with van der Waals surface area (Å²) in [6.07, 6.45) is 0. The van der Waals surface area contributed by atoms with Crippen molar-refractivity contribution in [3.63, 3.8) is 0 Å². The highest BCUT2D eigenvalue weighted by molar-refractivity contribution is 7.89. The van der Waals surface area contributed by atoms with Crippen LogP contribution >= 0.6 is 22.9 Å². The third kappa shape index (κ3) is 4.16. The van der Waals surface area contributed by atoms with Crippen molar-refractivity contribution in [3.8, 4) is 10.6 Å². The van der Waals surface area contributed by atoms with Crippen LogP contribution in [0.4, 0.5) is 5.13 Å². The molecule has 0 aliphatic carbocycles. The van der Waals surface area contributed by atoms with E-state index in [0.717, 1.165) is 9.87 Å². The molecule has 1 amide bonds. The first-order chi connectivity index (χ1) is 12.8. The van der Waals surface area contributed by atoms with Gasteiger partial charge < -0.3 is 0 Å². The van der Waals surface area contributed by atoms with Gasteiger partial charge in [-0.25, -0.2) is 12.7 Å². The molecule has 2 aromatic carbocycles. The molecule has 1 aromatic heterocycles. The van der Waals surface area contributed by atoms with E-state index < -0.39 is 15.9 Å². The summed E-state index contributed by atoms with van der Waals surface area (Å²) in [7, 11) is -0.985. The number of halogens is 1. The maximum Gasteiger partial charge on any atom is 0.257 e. The van der Waals surface area contributed by atoms with Gasteiger partial charge in [-0.3, -0.25) is 10.1 Å². The van der Waals surface area contributed by atoms with Gasteiger partial charge in [-0.1, -0.05) is 53.3 Å². The van der Waals surface area contributed by atoms with Gasteiger partial charge in [-0.15, -0.1) is 10.2 Å². The molecule has 0 aliphatic rings. The largest absolute Gasteiger partial charge is 0.296 e. The Kier molecular flexibility index (Phi) is 5.56. The lowest BCUT2D eigenvalue weighted by atomic mass is 10.2. The molecular weight excluding hydrogens is 408 g/mol. The number of sulfonamides is 1. The molecule has 3 rings (SSSR count). The average Bonchev–Trinajstić information content (AvgIpc) is 3.11. The Morgan fingerprint density at radius 1 is 1.11 bits per heavy atom. The molecular formula is C17H15ClN4O3S2. The predicted molar refractivity (Wildman–Crippen MR) is 106 cm³/mol. The third-order valence-corrected chi connectivity index (χ3v) is 6.80. The average molecular weight is 423 g/mol. The Morgan fingerprint density at radius 3 is 2.48 bits per heavy atom. The van der Waals surface area contributed by atoms with E-state index in [1.165, 1.54) is 43.6 Å². The van der Waals surface area contributed by atoms with Crippen molar-refractivity contribution < 1.29 is 13.2 Å². The number of amides is 1. The second-order valence-corrected chi connectivity index (χ2v) is 9.17. The van der Waals surface area contributed by atoms with Crippen molar-refractivity contribution in [2.24, 2.45) is 0 Å². The third-order valence-electron chi connectivity index (χ3n) is 3.62. The SMILES string of the molecule is CN(C)S(=O)(=O)c1cc(C(=O)Nc2nnc(-c3ccccc3)s2)ccc1Cl. The standard InChI is InChI=1S/C17H15ClN4O3S2/c1-22(2)27(24,25)14-10-12(8-9-13(14)18)15(23)19-17-21-20-16(26-17)11-6-4-3-5-7-11/h3-10H,1-2H3,(H,19,21,23). The molecule has 0 saturated carbocycles. The van der Waals surface area contributed by atoms with Crippen LogP contribution < -0.4 is 5.32 Å². The smallest absolute Gasteiger partial charge is 0.257 e. The number of aromatic nitrogens is 2. The lowest BCUT2D eigenvalue weighted by Crippen LogP contribution is -2.23. The van der Waals surface area contributed by atoms with Gasteiger partial charge in [-0.05, 0) is 18.2 Å². The van der Waals surface area contributed by atoms with Gasteiger partial charge in [0.05, 0.1) is 5.02 Å². The molecule has 0 radical (unpaired) electrons. The minimum atomic E-state index is -3.77. The zero-order chi connectivity index (χ0) is 19.6. The molecule has 140 valence electrons. The minimum Gasteiger partial charge on any atom is -0.296 e. The van der Waals surface area contributed by atoms with Crippen molar-refractivity contribution in [3.05, 3.63) is 59.1 Å². The van der Waals surface area contributed by atoms with Crippen LogP contribution in [-0.2, 0) is 10.0 Å². The lowest BCUT2D eigenvalue weighted by molar-refractivity contribution is 0.102. The van der Waals surface area contributed by atoms with Crippen molar-refractivity contribution in [2.45, 2.75) is 4.90 Å². The van der Waals surface area contributed by atoms with Crippen LogP contribution in [-0.4, -0.2) is 42.9 Å².